The van der Waals surface area contributed by atoms with Crippen LogP contribution in [0.3, 0.4) is 0 Å². The molecular weight excluding hydrogens is 480 g/mol. The fourth-order valence-corrected chi connectivity index (χ4v) is 4.92. The molecule has 0 bridgehead atoms. The SMILES string of the molecule is Cc1cn(-c2nccc3[nH]c(-c4n[nH]c5ccc(-c6cncc(OCCN7CCCC7)c6)nc45)nc23)cn1. The lowest BCUT2D eigenvalue weighted by Gasteiger charge is -2.15. The lowest BCUT2D eigenvalue weighted by Crippen LogP contribution is -2.25. The van der Waals surface area contributed by atoms with Crippen LogP contribution in [0, 0.1) is 6.92 Å². The predicted octanol–water partition coefficient (Wildman–Crippen LogP) is 3.93. The number of nitrogens with one attached hydrogen (secondary N) is 2. The fourth-order valence-electron chi connectivity index (χ4n) is 4.92. The molecule has 0 aromatic carbocycles. The Morgan fingerprint density at radius 3 is 2.79 bits per heavy atom. The summed E-state index contributed by atoms with van der Waals surface area (Å²) >= 11 is 0. The summed E-state index contributed by atoms with van der Waals surface area (Å²) in [5.41, 5.74) is 6.33. The number of hydrogen-bond donors (Lipinski definition) is 2. The fraction of sp³-hybridized carbons (Fsp3) is 0.259. The molecule has 2 N–H and O–H groups in total. The summed E-state index contributed by atoms with van der Waals surface area (Å²) in [6.45, 7) is 5.83. The van der Waals surface area contributed by atoms with E-state index < -0.39 is 0 Å². The number of fused-ring (bicyclic) bond motifs is 2. The first-order valence-electron chi connectivity index (χ1n) is 12.7. The molecule has 1 aliphatic heterocycles. The van der Waals surface area contributed by atoms with Gasteiger partial charge < -0.3 is 9.72 Å². The van der Waals surface area contributed by atoms with E-state index in [0.29, 0.717) is 23.9 Å². The first kappa shape index (κ1) is 22.5. The summed E-state index contributed by atoms with van der Waals surface area (Å²) < 4.78 is 7.87. The van der Waals surface area contributed by atoms with Crippen LogP contribution in [-0.4, -0.2) is 75.8 Å². The molecule has 1 aliphatic rings. The third-order valence-corrected chi connectivity index (χ3v) is 6.85. The van der Waals surface area contributed by atoms with E-state index in [1.807, 2.05) is 42.0 Å². The standard InChI is InChI=1S/C27H26N10O/c1-17-15-37(16-30-17)27-24-21(6-7-29-27)32-26(33-24)25-23-22(34-35-25)5-4-20(31-23)18-12-19(14-28-13-18)38-11-10-36-8-2-3-9-36/h4-7,12-16H,2-3,8-11H2,1H3,(H,32,33)(H,34,35). The van der Waals surface area contributed by atoms with E-state index in [0.717, 1.165) is 64.4 Å². The van der Waals surface area contributed by atoms with E-state index >= 15 is 0 Å². The summed E-state index contributed by atoms with van der Waals surface area (Å²) in [5, 5.41) is 7.61. The number of ether oxygens (including phenoxy) is 1. The average Bonchev–Trinajstić information content (AvgIpc) is 3.74. The topological polar surface area (TPSA) is 126 Å². The van der Waals surface area contributed by atoms with Crippen LogP contribution in [0.15, 0.2) is 55.4 Å². The number of pyridine rings is 3. The monoisotopic (exact) mass is 506 g/mol. The molecule has 11 heteroatoms. The Morgan fingerprint density at radius 1 is 1.00 bits per heavy atom. The molecule has 0 amide bonds. The van der Waals surface area contributed by atoms with Crippen molar-refractivity contribution in [1.29, 1.82) is 0 Å². The van der Waals surface area contributed by atoms with E-state index in [1.165, 1.54) is 12.8 Å². The van der Waals surface area contributed by atoms with Crippen molar-refractivity contribution in [2.24, 2.45) is 0 Å². The van der Waals surface area contributed by atoms with Gasteiger partial charge in [-0.3, -0.25) is 19.5 Å². The first-order valence-corrected chi connectivity index (χ1v) is 12.7. The predicted molar refractivity (Wildman–Crippen MR) is 143 cm³/mol. The molecule has 6 aromatic heterocycles. The van der Waals surface area contributed by atoms with Crippen LogP contribution in [0.5, 0.6) is 5.75 Å². The summed E-state index contributed by atoms with van der Waals surface area (Å²) in [5.74, 6) is 2.05. The molecule has 0 unspecified atom stereocenters. The van der Waals surface area contributed by atoms with Gasteiger partial charge in [-0.05, 0) is 57.1 Å². The van der Waals surface area contributed by atoms with Gasteiger partial charge in [0.15, 0.2) is 17.3 Å². The minimum atomic E-state index is 0.610. The second-order valence-corrected chi connectivity index (χ2v) is 9.51. The molecule has 1 fully saturated rings. The number of aryl methyl sites for hydroxylation is 1. The summed E-state index contributed by atoms with van der Waals surface area (Å²) in [6.07, 6.45) is 11.5. The van der Waals surface area contributed by atoms with Gasteiger partial charge in [0.2, 0.25) is 0 Å². The second-order valence-electron chi connectivity index (χ2n) is 9.51. The van der Waals surface area contributed by atoms with Crippen molar-refractivity contribution in [2.45, 2.75) is 19.8 Å². The van der Waals surface area contributed by atoms with Gasteiger partial charge in [-0.15, -0.1) is 0 Å². The zero-order chi connectivity index (χ0) is 25.5. The third kappa shape index (κ3) is 4.16. The number of hydrogen-bond acceptors (Lipinski definition) is 8. The number of imidazole rings is 2. The second kappa shape index (κ2) is 9.34. The van der Waals surface area contributed by atoms with Crippen LogP contribution in [0.2, 0.25) is 0 Å². The maximum absolute atomic E-state index is 6.00. The van der Waals surface area contributed by atoms with Crippen molar-refractivity contribution < 1.29 is 4.74 Å². The van der Waals surface area contributed by atoms with Gasteiger partial charge in [-0.25, -0.2) is 19.9 Å². The van der Waals surface area contributed by atoms with Gasteiger partial charge in [-0.1, -0.05) is 0 Å². The van der Waals surface area contributed by atoms with Crippen molar-refractivity contribution in [1.82, 2.24) is 49.6 Å². The Kier molecular flexibility index (Phi) is 5.54. The Balaban J connectivity index is 1.20. The van der Waals surface area contributed by atoms with Gasteiger partial charge in [0.05, 0.1) is 28.6 Å². The molecule has 0 aliphatic carbocycles. The van der Waals surface area contributed by atoms with E-state index in [2.05, 4.69) is 35.0 Å². The van der Waals surface area contributed by atoms with Crippen LogP contribution in [0.1, 0.15) is 18.5 Å². The average molecular weight is 507 g/mol. The Hall–Kier alpha value is -4.64. The van der Waals surface area contributed by atoms with Crippen LogP contribution >= 0.6 is 0 Å². The van der Waals surface area contributed by atoms with Crippen molar-refractivity contribution in [2.75, 3.05) is 26.2 Å². The minimum absolute atomic E-state index is 0.610. The van der Waals surface area contributed by atoms with Crippen molar-refractivity contribution in [3.05, 3.63) is 61.1 Å². The van der Waals surface area contributed by atoms with Crippen LogP contribution in [0.4, 0.5) is 0 Å². The Bertz CT molecular complexity index is 1740. The third-order valence-electron chi connectivity index (χ3n) is 6.85. The molecule has 0 saturated carbocycles. The summed E-state index contributed by atoms with van der Waals surface area (Å²) in [6, 6.07) is 7.81. The number of rotatable bonds is 7. The van der Waals surface area contributed by atoms with Crippen LogP contribution in [-0.2, 0) is 0 Å². The highest BCUT2D eigenvalue weighted by Gasteiger charge is 2.18. The maximum Gasteiger partial charge on any atom is 0.166 e. The molecule has 0 atom stereocenters. The van der Waals surface area contributed by atoms with E-state index in [-0.39, 0.29) is 0 Å². The number of H-pyrrole nitrogens is 2. The van der Waals surface area contributed by atoms with Gasteiger partial charge in [-0.2, -0.15) is 5.10 Å². The van der Waals surface area contributed by atoms with E-state index in [9.17, 15) is 0 Å². The van der Waals surface area contributed by atoms with Gasteiger partial charge in [0.1, 0.15) is 29.7 Å². The molecular formula is C27H26N10O. The molecule has 38 heavy (non-hydrogen) atoms. The molecule has 7 heterocycles. The van der Waals surface area contributed by atoms with Gasteiger partial charge >= 0.3 is 0 Å². The summed E-state index contributed by atoms with van der Waals surface area (Å²) in [7, 11) is 0. The Morgan fingerprint density at radius 2 is 1.92 bits per heavy atom. The minimum Gasteiger partial charge on any atom is -0.491 e. The molecule has 0 spiro atoms. The van der Waals surface area contributed by atoms with Crippen molar-refractivity contribution >= 4 is 22.1 Å². The Labute approximate surface area is 218 Å². The van der Waals surface area contributed by atoms with Crippen LogP contribution in [0.25, 0.3) is 50.7 Å². The molecule has 6 aromatic rings. The highest BCUT2D eigenvalue weighted by atomic mass is 16.5. The maximum atomic E-state index is 6.00. The van der Waals surface area contributed by atoms with E-state index in [4.69, 9.17) is 14.7 Å². The smallest absolute Gasteiger partial charge is 0.166 e. The highest BCUT2D eigenvalue weighted by molar-refractivity contribution is 5.92. The molecule has 190 valence electrons. The quantitative estimate of drug-likeness (QED) is 0.334. The van der Waals surface area contributed by atoms with Crippen molar-refractivity contribution in [3.8, 4) is 34.3 Å². The highest BCUT2D eigenvalue weighted by Crippen LogP contribution is 2.29. The lowest BCUT2D eigenvalue weighted by atomic mass is 10.1. The van der Waals surface area contributed by atoms with Crippen LogP contribution < -0.4 is 4.74 Å². The van der Waals surface area contributed by atoms with Crippen molar-refractivity contribution in [3.63, 3.8) is 0 Å². The largest absolute Gasteiger partial charge is 0.491 e. The molecule has 7 rings (SSSR count). The molecule has 11 nitrogen and oxygen atoms in total. The number of nitrogens with zero attached hydrogens (tertiary/aromatic N) is 8. The lowest BCUT2D eigenvalue weighted by molar-refractivity contribution is 0.237. The number of aromatic amines is 2. The number of aromatic nitrogens is 9. The normalized spacial score (nSPS) is 14.1. The zero-order valence-corrected chi connectivity index (χ0v) is 20.9. The molecule has 0 radical (unpaired) electrons. The van der Waals surface area contributed by atoms with E-state index in [1.54, 1.807) is 24.9 Å². The van der Waals surface area contributed by atoms with Gasteiger partial charge in [0, 0.05) is 30.7 Å². The first-order chi connectivity index (χ1) is 18.7. The van der Waals surface area contributed by atoms with Gasteiger partial charge in [0.25, 0.3) is 0 Å². The number of likely N-dealkylation sites (tertiary alicyclic amines) is 1. The summed E-state index contributed by atoms with van der Waals surface area (Å²) in [4.78, 5) is 28.8. The zero-order valence-electron chi connectivity index (χ0n) is 20.9. The molecule has 1 saturated heterocycles.